The summed E-state index contributed by atoms with van der Waals surface area (Å²) >= 11 is 1.41. The van der Waals surface area contributed by atoms with Crippen molar-refractivity contribution in [2.45, 2.75) is 19.1 Å². The van der Waals surface area contributed by atoms with Crippen LogP contribution in [0.1, 0.15) is 23.4 Å². The molecule has 0 fully saturated rings. The van der Waals surface area contributed by atoms with Crippen LogP contribution in [-0.4, -0.2) is 4.98 Å². The molecule has 0 aliphatic rings. The van der Waals surface area contributed by atoms with Gasteiger partial charge in [-0.25, -0.2) is 13.8 Å². The fraction of sp³-hybridized carbons (Fsp3) is 0.375. The lowest BCUT2D eigenvalue weighted by Gasteiger charge is -2.14. The number of hydrogen-bond donors (Lipinski definition) is 1. The van der Waals surface area contributed by atoms with Gasteiger partial charge in [0, 0.05) is 10.1 Å². The predicted molar refractivity (Wildman–Crippen MR) is 54.8 cm³/mol. The minimum atomic E-state index is -4.91. The molecule has 1 rings (SSSR count). The number of halogens is 6. The topological polar surface area (TPSA) is 38.9 Å². The Morgan fingerprint density at radius 3 is 2.31 bits per heavy atom. The highest BCUT2D eigenvalue weighted by atomic mass is 127. The summed E-state index contributed by atoms with van der Waals surface area (Å²) in [7, 11) is 0. The quantitative estimate of drug-likeness (QED) is 0.656. The summed E-state index contributed by atoms with van der Waals surface area (Å²) in [5.41, 5.74) is 2.42. The highest BCUT2D eigenvalue weighted by Crippen LogP contribution is 2.37. The van der Waals surface area contributed by atoms with Crippen LogP contribution < -0.4 is 5.73 Å². The minimum Gasteiger partial charge on any atom is -0.325 e. The second kappa shape index (κ2) is 4.78. The van der Waals surface area contributed by atoms with E-state index in [4.69, 9.17) is 5.73 Å². The predicted octanol–water partition coefficient (Wildman–Crippen LogP) is 3.10. The van der Waals surface area contributed by atoms with Crippen LogP contribution >= 0.6 is 22.6 Å². The molecule has 0 bridgehead atoms. The maximum absolute atomic E-state index is 12.5. The van der Waals surface area contributed by atoms with Crippen molar-refractivity contribution in [3.8, 4) is 0 Å². The molecule has 0 amide bonds. The molecule has 16 heavy (non-hydrogen) atoms. The maximum Gasteiger partial charge on any atom is 0.433 e. The molecule has 0 spiro atoms. The van der Waals surface area contributed by atoms with Gasteiger partial charge in [0.15, 0.2) is 5.69 Å². The molecule has 0 unspecified atom stereocenters. The summed E-state index contributed by atoms with van der Waals surface area (Å²) in [6.45, 7) is -0.234. The van der Waals surface area contributed by atoms with E-state index in [1.165, 1.54) is 22.6 Å². The molecule has 0 atom stereocenters. The third-order valence-electron chi connectivity index (χ3n) is 1.76. The third kappa shape index (κ3) is 2.78. The molecular weight excluding hydrogens is 346 g/mol. The van der Waals surface area contributed by atoms with E-state index in [1.807, 2.05) is 0 Å². The zero-order chi connectivity index (χ0) is 12.5. The molecule has 90 valence electrons. The number of hydrogen-bond acceptors (Lipinski definition) is 2. The molecule has 1 aromatic heterocycles. The normalized spacial score (nSPS) is 12.2. The Bertz CT molecular complexity index is 391. The van der Waals surface area contributed by atoms with Crippen LogP contribution in [0.2, 0.25) is 0 Å². The zero-order valence-corrected chi connectivity index (χ0v) is 9.81. The van der Waals surface area contributed by atoms with Crippen LogP contribution in [0.4, 0.5) is 22.0 Å². The lowest BCUT2D eigenvalue weighted by Crippen LogP contribution is -2.16. The molecule has 2 N–H and O–H groups in total. The fourth-order valence-electron chi connectivity index (χ4n) is 1.10. The smallest absolute Gasteiger partial charge is 0.325 e. The van der Waals surface area contributed by atoms with E-state index in [1.54, 1.807) is 0 Å². The number of aromatic nitrogens is 1. The summed E-state index contributed by atoms with van der Waals surface area (Å²) in [5.74, 6) is 0. The van der Waals surface area contributed by atoms with Crippen molar-refractivity contribution in [3.05, 3.63) is 26.6 Å². The number of nitrogens with two attached hydrogens (primary N) is 1. The van der Waals surface area contributed by atoms with Gasteiger partial charge in [0.2, 0.25) is 0 Å². The van der Waals surface area contributed by atoms with Crippen molar-refractivity contribution in [1.82, 2.24) is 4.98 Å². The van der Waals surface area contributed by atoms with E-state index < -0.39 is 23.9 Å². The van der Waals surface area contributed by atoms with Gasteiger partial charge in [0.25, 0.3) is 6.43 Å². The van der Waals surface area contributed by atoms with E-state index >= 15 is 0 Å². The third-order valence-corrected chi connectivity index (χ3v) is 2.65. The molecule has 0 aliphatic carbocycles. The molecule has 8 heteroatoms. The average molecular weight is 352 g/mol. The Balaban J connectivity index is 3.47. The lowest BCUT2D eigenvalue weighted by molar-refractivity contribution is -0.143. The summed E-state index contributed by atoms with van der Waals surface area (Å²) in [5, 5.41) is 0. The van der Waals surface area contributed by atoms with Crippen LogP contribution in [0.3, 0.4) is 0 Å². The first-order chi connectivity index (χ1) is 7.27. The molecule has 2 nitrogen and oxygen atoms in total. The molecule has 0 saturated heterocycles. The Hall–Kier alpha value is -0.510. The van der Waals surface area contributed by atoms with E-state index in [9.17, 15) is 22.0 Å². The molecule has 0 saturated carbocycles. The van der Waals surface area contributed by atoms with Crippen molar-refractivity contribution < 1.29 is 22.0 Å². The van der Waals surface area contributed by atoms with Crippen molar-refractivity contribution in [2.75, 3.05) is 0 Å². The van der Waals surface area contributed by atoms with Crippen LogP contribution in [0.5, 0.6) is 0 Å². The molecule has 1 heterocycles. The van der Waals surface area contributed by atoms with Crippen LogP contribution in [-0.2, 0) is 12.7 Å². The van der Waals surface area contributed by atoms with Crippen molar-refractivity contribution in [1.29, 1.82) is 0 Å². The second-order valence-electron chi connectivity index (χ2n) is 2.86. The summed E-state index contributed by atoms with van der Waals surface area (Å²) < 4.78 is 62.2. The number of rotatable bonds is 2. The zero-order valence-electron chi connectivity index (χ0n) is 7.65. The molecule has 0 aromatic carbocycles. The van der Waals surface area contributed by atoms with Crippen LogP contribution in [0, 0.1) is 3.57 Å². The van der Waals surface area contributed by atoms with E-state index in [2.05, 4.69) is 4.98 Å². The van der Waals surface area contributed by atoms with E-state index in [0.717, 1.165) is 6.07 Å². The largest absolute Gasteiger partial charge is 0.433 e. The van der Waals surface area contributed by atoms with Crippen LogP contribution in [0.25, 0.3) is 0 Å². The van der Waals surface area contributed by atoms with Gasteiger partial charge >= 0.3 is 6.18 Å². The van der Waals surface area contributed by atoms with E-state index in [-0.39, 0.29) is 15.8 Å². The van der Waals surface area contributed by atoms with Gasteiger partial charge in [-0.05, 0) is 28.7 Å². The Labute approximate surface area is 101 Å². The Morgan fingerprint density at radius 2 is 1.94 bits per heavy atom. The monoisotopic (exact) mass is 352 g/mol. The summed E-state index contributed by atoms with van der Waals surface area (Å²) in [4.78, 5) is 3.11. The summed E-state index contributed by atoms with van der Waals surface area (Å²) in [6.07, 6.45) is -8.13. The highest BCUT2D eigenvalue weighted by Gasteiger charge is 2.39. The average Bonchev–Trinajstić information content (AvgIpc) is 2.14. The summed E-state index contributed by atoms with van der Waals surface area (Å²) in [6, 6.07) is 1.12. The first-order valence-corrected chi connectivity index (χ1v) is 5.10. The van der Waals surface area contributed by atoms with Gasteiger partial charge in [-0.2, -0.15) is 13.2 Å². The Kier molecular flexibility index (Phi) is 4.05. The first kappa shape index (κ1) is 13.6. The number of alkyl halides is 5. The standard InChI is InChI=1S/C8H6F5IN2/c9-7(10)5-4(14)1-3(2-15)16-6(5)8(11,12)13/h1,7H,2,15H2. The van der Waals surface area contributed by atoms with Gasteiger partial charge in [0.05, 0.1) is 11.3 Å². The van der Waals surface area contributed by atoms with Gasteiger partial charge < -0.3 is 5.73 Å². The SMILES string of the molecule is NCc1cc(I)c(C(F)F)c(C(F)(F)F)n1. The minimum absolute atomic E-state index is 0.0684. The molecule has 0 radical (unpaired) electrons. The van der Waals surface area contributed by atoms with Gasteiger partial charge in [-0.3, -0.25) is 0 Å². The maximum atomic E-state index is 12.5. The number of nitrogens with zero attached hydrogens (tertiary/aromatic N) is 1. The highest BCUT2D eigenvalue weighted by molar-refractivity contribution is 14.1. The number of pyridine rings is 1. The van der Waals surface area contributed by atoms with Crippen molar-refractivity contribution in [2.24, 2.45) is 5.73 Å². The molecule has 0 aliphatic heterocycles. The van der Waals surface area contributed by atoms with Crippen LogP contribution in [0.15, 0.2) is 6.07 Å². The fourth-order valence-corrected chi connectivity index (χ4v) is 1.95. The molecular formula is C8H6F5IN2. The lowest BCUT2D eigenvalue weighted by atomic mass is 10.1. The first-order valence-electron chi connectivity index (χ1n) is 4.02. The van der Waals surface area contributed by atoms with Gasteiger partial charge in [-0.15, -0.1) is 0 Å². The molecule has 1 aromatic rings. The van der Waals surface area contributed by atoms with Crippen molar-refractivity contribution in [3.63, 3.8) is 0 Å². The van der Waals surface area contributed by atoms with Gasteiger partial charge in [-0.1, -0.05) is 0 Å². The Morgan fingerprint density at radius 1 is 1.38 bits per heavy atom. The second-order valence-corrected chi connectivity index (χ2v) is 4.02. The van der Waals surface area contributed by atoms with Crippen molar-refractivity contribution >= 4 is 22.6 Å². The van der Waals surface area contributed by atoms with E-state index in [0.29, 0.717) is 0 Å². The van der Waals surface area contributed by atoms with Gasteiger partial charge in [0.1, 0.15) is 0 Å².